The maximum Gasteiger partial charge on any atom is 0.261 e. The van der Waals surface area contributed by atoms with Crippen LogP contribution in [0.25, 0.3) is 10.9 Å². The third-order valence-corrected chi connectivity index (χ3v) is 4.52. The number of rotatable bonds is 3. The molecule has 0 bridgehead atoms. The summed E-state index contributed by atoms with van der Waals surface area (Å²) in [6.07, 6.45) is 3.39. The summed E-state index contributed by atoms with van der Waals surface area (Å²) in [5.74, 6) is 0.644. The molecule has 1 aliphatic rings. The summed E-state index contributed by atoms with van der Waals surface area (Å²) in [6.45, 7) is 3.35. The highest BCUT2D eigenvalue weighted by atomic mass is 35.5. The monoisotopic (exact) mass is 356 g/mol. The number of aromatic nitrogens is 3. The van der Waals surface area contributed by atoms with Crippen LogP contribution in [-0.2, 0) is 11.3 Å². The lowest BCUT2D eigenvalue weighted by Crippen LogP contribution is -2.37. The second-order valence-corrected chi connectivity index (χ2v) is 6.38. The van der Waals surface area contributed by atoms with E-state index < -0.39 is 0 Å². The number of halogens is 1. The number of hydrogen-bond acceptors (Lipinski definition) is 5. The maximum atomic E-state index is 12.7. The van der Waals surface area contributed by atoms with Crippen LogP contribution in [0.4, 0.5) is 5.95 Å². The lowest BCUT2D eigenvalue weighted by atomic mass is 10.2. The Labute approximate surface area is 149 Å². The van der Waals surface area contributed by atoms with E-state index in [2.05, 4.69) is 14.9 Å². The Hall–Kier alpha value is -2.44. The predicted molar refractivity (Wildman–Crippen MR) is 97.4 cm³/mol. The zero-order valence-electron chi connectivity index (χ0n) is 13.6. The molecular weight excluding hydrogens is 340 g/mol. The molecule has 0 unspecified atom stereocenters. The Bertz CT molecular complexity index is 949. The molecule has 1 fully saturated rings. The maximum absolute atomic E-state index is 12.7. The first-order chi connectivity index (χ1) is 12.2. The van der Waals surface area contributed by atoms with Crippen molar-refractivity contribution in [1.82, 2.24) is 14.5 Å². The third-order valence-electron chi connectivity index (χ3n) is 4.27. The van der Waals surface area contributed by atoms with Crippen LogP contribution < -0.4 is 10.5 Å². The SMILES string of the molecule is O=c1c2cnc(N3CCOCC3)nc2ccn1Cc1ccc(Cl)cc1. The Morgan fingerprint density at radius 1 is 1.12 bits per heavy atom. The van der Waals surface area contributed by atoms with Crippen molar-refractivity contribution in [3.63, 3.8) is 0 Å². The van der Waals surface area contributed by atoms with Crippen molar-refractivity contribution >= 4 is 28.5 Å². The van der Waals surface area contributed by atoms with Gasteiger partial charge in [-0.05, 0) is 23.8 Å². The van der Waals surface area contributed by atoms with Gasteiger partial charge in [0.1, 0.15) is 0 Å². The topological polar surface area (TPSA) is 60.3 Å². The minimum Gasteiger partial charge on any atom is -0.378 e. The molecule has 7 heteroatoms. The normalized spacial score (nSPS) is 14.8. The van der Waals surface area contributed by atoms with Gasteiger partial charge in [-0.2, -0.15) is 0 Å². The fraction of sp³-hybridized carbons (Fsp3) is 0.278. The van der Waals surface area contributed by atoms with E-state index in [4.69, 9.17) is 16.3 Å². The number of anilines is 1. The molecular formula is C18H17ClN4O2. The van der Waals surface area contributed by atoms with Gasteiger partial charge in [0.25, 0.3) is 5.56 Å². The van der Waals surface area contributed by atoms with E-state index in [1.165, 1.54) is 0 Å². The highest BCUT2D eigenvalue weighted by Gasteiger charge is 2.15. The quantitative estimate of drug-likeness (QED) is 0.721. The number of morpholine rings is 1. The van der Waals surface area contributed by atoms with Crippen LogP contribution >= 0.6 is 11.6 Å². The van der Waals surface area contributed by atoms with Gasteiger partial charge in [-0.25, -0.2) is 9.97 Å². The average molecular weight is 357 g/mol. The number of fused-ring (bicyclic) bond motifs is 1. The number of pyridine rings is 1. The van der Waals surface area contributed by atoms with Gasteiger partial charge >= 0.3 is 0 Å². The summed E-state index contributed by atoms with van der Waals surface area (Å²) in [7, 11) is 0. The van der Waals surface area contributed by atoms with E-state index >= 15 is 0 Å². The minimum atomic E-state index is -0.0963. The molecule has 0 N–H and O–H groups in total. The third kappa shape index (κ3) is 3.36. The van der Waals surface area contributed by atoms with Crippen LogP contribution in [0.1, 0.15) is 5.56 Å². The van der Waals surface area contributed by atoms with Crippen LogP contribution in [-0.4, -0.2) is 40.8 Å². The number of ether oxygens (including phenoxy) is 1. The van der Waals surface area contributed by atoms with E-state index in [-0.39, 0.29) is 5.56 Å². The molecule has 1 saturated heterocycles. The molecule has 2 aromatic heterocycles. The first-order valence-corrected chi connectivity index (χ1v) is 8.52. The van der Waals surface area contributed by atoms with E-state index in [0.717, 1.165) is 18.7 Å². The summed E-state index contributed by atoms with van der Waals surface area (Å²) in [5, 5.41) is 1.20. The lowest BCUT2D eigenvalue weighted by molar-refractivity contribution is 0.122. The van der Waals surface area contributed by atoms with Crippen molar-refractivity contribution in [3.05, 3.63) is 63.7 Å². The minimum absolute atomic E-state index is 0.0963. The Kier molecular flexibility index (Phi) is 4.38. The van der Waals surface area contributed by atoms with Crippen molar-refractivity contribution in [3.8, 4) is 0 Å². The van der Waals surface area contributed by atoms with Gasteiger partial charge in [0, 0.05) is 30.5 Å². The van der Waals surface area contributed by atoms with E-state index in [0.29, 0.717) is 41.6 Å². The second-order valence-electron chi connectivity index (χ2n) is 5.94. The van der Waals surface area contributed by atoms with Gasteiger partial charge in [0.15, 0.2) is 0 Å². The summed E-state index contributed by atoms with van der Waals surface area (Å²) in [5.41, 5.74) is 1.58. The molecule has 0 amide bonds. The van der Waals surface area contributed by atoms with Gasteiger partial charge in [0.05, 0.1) is 30.7 Å². The van der Waals surface area contributed by atoms with Crippen molar-refractivity contribution in [2.75, 3.05) is 31.2 Å². The van der Waals surface area contributed by atoms with Gasteiger partial charge < -0.3 is 14.2 Å². The van der Waals surface area contributed by atoms with Gasteiger partial charge in [-0.3, -0.25) is 4.79 Å². The van der Waals surface area contributed by atoms with Crippen LogP contribution in [0.5, 0.6) is 0 Å². The van der Waals surface area contributed by atoms with Gasteiger partial charge in [0.2, 0.25) is 5.95 Å². The molecule has 3 aromatic rings. The molecule has 0 spiro atoms. The molecule has 0 aliphatic carbocycles. The molecule has 3 heterocycles. The van der Waals surface area contributed by atoms with E-state index in [1.54, 1.807) is 17.0 Å². The van der Waals surface area contributed by atoms with Crippen molar-refractivity contribution in [2.24, 2.45) is 0 Å². The standard InChI is InChI=1S/C18H17ClN4O2/c19-14-3-1-13(2-4-14)12-23-6-5-16-15(17(23)24)11-20-18(21-16)22-7-9-25-10-8-22/h1-6,11H,7-10,12H2. The predicted octanol–water partition coefficient (Wildman–Crippen LogP) is 2.33. The zero-order valence-corrected chi connectivity index (χ0v) is 14.3. The van der Waals surface area contributed by atoms with Crippen molar-refractivity contribution in [2.45, 2.75) is 6.54 Å². The molecule has 1 aliphatic heterocycles. The zero-order chi connectivity index (χ0) is 17.2. The number of nitrogens with zero attached hydrogens (tertiary/aromatic N) is 4. The Morgan fingerprint density at radius 2 is 1.88 bits per heavy atom. The molecule has 1 aromatic carbocycles. The van der Waals surface area contributed by atoms with Crippen LogP contribution in [0.2, 0.25) is 5.02 Å². The summed E-state index contributed by atoms with van der Waals surface area (Å²) in [4.78, 5) is 23.7. The van der Waals surface area contributed by atoms with E-state index in [9.17, 15) is 4.79 Å². The Balaban J connectivity index is 1.65. The lowest BCUT2D eigenvalue weighted by Gasteiger charge is -2.26. The Morgan fingerprint density at radius 3 is 2.64 bits per heavy atom. The summed E-state index contributed by atoms with van der Waals surface area (Å²) in [6, 6.07) is 9.33. The summed E-state index contributed by atoms with van der Waals surface area (Å²) >= 11 is 5.91. The molecule has 6 nitrogen and oxygen atoms in total. The first-order valence-electron chi connectivity index (χ1n) is 8.14. The van der Waals surface area contributed by atoms with Crippen LogP contribution in [0.3, 0.4) is 0 Å². The largest absolute Gasteiger partial charge is 0.378 e. The second kappa shape index (κ2) is 6.82. The van der Waals surface area contributed by atoms with Crippen LogP contribution in [0, 0.1) is 0 Å². The fourth-order valence-electron chi connectivity index (χ4n) is 2.89. The molecule has 0 radical (unpaired) electrons. The summed E-state index contributed by atoms with van der Waals surface area (Å²) < 4.78 is 7.00. The molecule has 128 valence electrons. The highest BCUT2D eigenvalue weighted by molar-refractivity contribution is 6.30. The smallest absolute Gasteiger partial charge is 0.261 e. The fourth-order valence-corrected chi connectivity index (χ4v) is 3.01. The van der Waals surface area contributed by atoms with E-state index in [1.807, 2.05) is 30.3 Å². The van der Waals surface area contributed by atoms with Crippen molar-refractivity contribution < 1.29 is 4.74 Å². The molecule has 4 rings (SSSR count). The highest BCUT2D eigenvalue weighted by Crippen LogP contribution is 2.15. The number of benzene rings is 1. The average Bonchev–Trinajstić information content (AvgIpc) is 2.66. The van der Waals surface area contributed by atoms with Gasteiger partial charge in [-0.15, -0.1) is 0 Å². The van der Waals surface area contributed by atoms with Gasteiger partial charge in [-0.1, -0.05) is 23.7 Å². The van der Waals surface area contributed by atoms with Crippen molar-refractivity contribution in [1.29, 1.82) is 0 Å². The molecule has 0 saturated carbocycles. The van der Waals surface area contributed by atoms with Crippen LogP contribution in [0.15, 0.2) is 47.5 Å². The molecule has 0 atom stereocenters. The number of hydrogen-bond donors (Lipinski definition) is 0. The molecule has 25 heavy (non-hydrogen) atoms. The first kappa shape index (κ1) is 16.1.